The molecule has 0 atom stereocenters. The number of rotatable bonds is 6. The molecule has 0 unspecified atom stereocenters. The van der Waals surface area contributed by atoms with Crippen LogP contribution in [0.15, 0.2) is 42.5 Å². The fourth-order valence-electron chi connectivity index (χ4n) is 4.37. The van der Waals surface area contributed by atoms with Gasteiger partial charge in [0.25, 0.3) is 0 Å². The summed E-state index contributed by atoms with van der Waals surface area (Å²) in [5, 5.41) is 5.40. The van der Waals surface area contributed by atoms with Gasteiger partial charge in [0.2, 0.25) is 0 Å². The van der Waals surface area contributed by atoms with Crippen LogP contribution < -0.4 is 4.74 Å². The standard InChI is InChI=1S/C24H30ClN2O.Ac.ClH/c25-23-7-4-20(5-8-23)21-10-14-27(15-11-21)13-2-16-28-24-9-6-19-3-1-12-26-18-22(19)17-24;;/h4-9,17,21H,1-3,10-16,18H2;;1H/q-1;;. The summed E-state index contributed by atoms with van der Waals surface area (Å²) in [6.07, 6.45) is 5.85. The zero-order valence-electron chi connectivity index (χ0n) is 17.6. The quantitative estimate of drug-likeness (QED) is 0.344. The minimum absolute atomic E-state index is 0. The molecule has 2 aliphatic rings. The smallest absolute Gasteiger partial charge is 0.119 e. The third-order valence-electron chi connectivity index (χ3n) is 6.04. The van der Waals surface area contributed by atoms with Gasteiger partial charge in [0.05, 0.1) is 6.61 Å². The molecule has 2 aromatic carbocycles. The molecule has 6 heteroatoms. The predicted molar refractivity (Wildman–Crippen MR) is 124 cm³/mol. The first-order chi connectivity index (χ1) is 13.8. The van der Waals surface area contributed by atoms with Crippen molar-refractivity contribution in [1.29, 1.82) is 0 Å². The third-order valence-corrected chi connectivity index (χ3v) is 6.29. The first-order valence-electron chi connectivity index (χ1n) is 10.6. The summed E-state index contributed by atoms with van der Waals surface area (Å²) in [5.74, 6) is 1.67. The average molecular weight is 661 g/mol. The molecule has 30 heavy (non-hydrogen) atoms. The van der Waals surface area contributed by atoms with Crippen molar-refractivity contribution >= 4 is 24.0 Å². The topological polar surface area (TPSA) is 26.6 Å². The molecule has 0 aliphatic carbocycles. The Morgan fingerprint density at radius 1 is 1.03 bits per heavy atom. The van der Waals surface area contributed by atoms with Crippen molar-refractivity contribution < 1.29 is 48.8 Å². The summed E-state index contributed by atoms with van der Waals surface area (Å²) in [6, 6.07) is 14.9. The Hall–Kier alpha value is 0.182. The maximum atomic E-state index is 6.02. The maximum Gasteiger partial charge on any atom is 0.119 e. The number of hydrogen-bond donors (Lipinski definition) is 0. The Kier molecular flexibility index (Phi) is 12.0. The Bertz CT molecular complexity index is 764. The van der Waals surface area contributed by atoms with Crippen molar-refractivity contribution in [3.8, 4) is 5.75 Å². The van der Waals surface area contributed by atoms with Crippen LogP contribution in [-0.2, 0) is 13.0 Å². The summed E-state index contributed by atoms with van der Waals surface area (Å²) in [6.45, 7) is 6.08. The summed E-state index contributed by atoms with van der Waals surface area (Å²) in [7, 11) is 0. The molecule has 1 saturated heterocycles. The van der Waals surface area contributed by atoms with Gasteiger partial charge in [-0.3, -0.25) is 0 Å². The molecule has 0 bridgehead atoms. The third kappa shape index (κ3) is 7.65. The van der Waals surface area contributed by atoms with E-state index in [-0.39, 0.29) is 56.5 Å². The van der Waals surface area contributed by atoms with E-state index < -0.39 is 0 Å². The summed E-state index contributed by atoms with van der Waals surface area (Å²) in [4.78, 5) is 2.58. The van der Waals surface area contributed by atoms with Gasteiger partial charge in [-0.15, -0.1) is 25.5 Å². The van der Waals surface area contributed by atoms with Crippen LogP contribution in [0.1, 0.15) is 48.3 Å². The van der Waals surface area contributed by atoms with E-state index in [2.05, 4.69) is 40.5 Å². The van der Waals surface area contributed by atoms with Crippen molar-refractivity contribution in [3.63, 3.8) is 0 Å². The van der Waals surface area contributed by atoms with Crippen molar-refractivity contribution in [1.82, 2.24) is 4.90 Å². The van der Waals surface area contributed by atoms with Gasteiger partial charge >= 0.3 is 0 Å². The Labute approximate surface area is 228 Å². The minimum Gasteiger partial charge on any atom is -0.658 e. The van der Waals surface area contributed by atoms with Crippen LogP contribution in [0.2, 0.25) is 5.02 Å². The molecule has 2 heterocycles. The first-order valence-corrected chi connectivity index (χ1v) is 11.0. The molecule has 0 saturated carbocycles. The molecule has 1 fully saturated rings. The number of halogens is 2. The molecule has 2 aliphatic heterocycles. The summed E-state index contributed by atoms with van der Waals surface area (Å²) >= 11 is 6.01. The number of aryl methyl sites for hydroxylation is 1. The van der Waals surface area contributed by atoms with Gasteiger partial charge in [0.1, 0.15) is 5.75 Å². The van der Waals surface area contributed by atoms with Crippen LogP contribution in [0, 0.1) is 44.1 Å². The second kappa shape index (κ2) is 13.7. The number of likely N-dealkylation sites (tertiary alicyclic amines) is 1. The van der Waals surface area contributed by atoms with Gasteiger partial charge in [-0.05, 0) is 80.1 Å². The first kappa shape index (κ1) is 26.4. The van der Waals surface area contributed by atoms with E-state index in [0.717, 1.165) is 49.9 Å². The number of nitrogens with zero attached hydrogens (tertiary/aromatic N) is 2. The van der Waals surface area contributed by atoms with Crippen molar-refractivity contribution in [2.75, 3.05) is 32.8 Å². The maximum absolute atomic E-state index is 6.02. The van der Waals surface area contributed by atoms with Gasteiger partial charge < -0.3 is 15.0 Å². The van der Waals surface area contributed by atoms with E-state index in [0.29, 0.717) is 5.92 Å². The monoisotopic (exact) mass is 660 g/mol. The van der Waals surface area contributed by atoms with E-state index in [4.69, 9.17) is 16.3 Å². The van der Waals surface area contributed by atoms with Crippen LogP contribution in [0.4, 0.5) is 0 Å². The molecule has 0 spiro atoms. The van der Waals surface area contributed by atoms with E-state index in [1.54, 1.807) is 0 Å². The SMILES string of the molecule is Cl.Clc1ccc(C2CCN(CCCOc3ccc4c(c3)C[N-]CCC4)CC2)cc1.[Ac]. The number of fused-ring (bicyclic) bond motifs is 1. The Balaban J connectivity index is 0.00000160. The van der Waals surface area contributed by atoms with Crippen LogP contribution in [0.25, 0.3) is 5.32 Å². The Morgan fingerprint density at radius 3 is 2.57 bits per heavy atom. The Morgan fingerprint density at radius 2 is 1.80 bits per heavy atom. The molecule has 0 amide bonds. The van der Waals surface area contributed by atoms with E-state index in [1.807, 2.05) is 12.1 Å². The van der Waals surface area contributed by atoms with Crippen molar-refractivity contribution in [2.24, 2.45) is 0 Å². The van der Waals surface area contributed by atoms with Gasteiger partial charge in [-0.2, -0.15) is 0 Å². The molecule has 3 nitrogen and oxygen atoms in total. The molecular formula is C24H31AcCl2N2O-. The zero-order chi connectivity index (χ0) is 19.2. The molecule has 2 aromatic rings. The van der Waals surface area contributed by atoms with Gasteiger partial charge in [0.15, 0.2) is 0 Å². The van der Waals surface area contributed by atoms with Crippen LogP contribution in [0.5, 0.6) is 5.75 Å². The second-order valence-electron chi connectivity index (χ2n) is 8.01. The average Bonchev–Trinajstić information content (AvgIpc) is 2.97. The second-order valence-corrected chi connectivity index (χ2v) is 8.45. The molecule has 0 N–H and O–H groups in total. The van der Waals surface area contributed by atoms with Crippen molar-refractivity contribution in [2.45, 2.75) is 44.6 Å². The number of hydrogen-bond acceptors (Lipinski definition) is 2. The fourth-order valence-corrected chi connectivity index (χ4v) is 4.49. The minimum atomic E-state index is 0. The van der Waals surface area contributed by atoms with Gasteiger partial charge in [-0.1, -0.05) is 41.8 Å². The van der Waals surface area contributed by atoms with Crippen LogP contribution in [-0.4, -0.2) is 37.7 Å². The largest absolute Gasteiger partial charge is 0.658 e. The fraction of sp³-hybridized carbons (Fsp3) is 0.500. The number of piperidine rings is 1. The van der Waals surface area contributed by atoms with E-state index in [1.165, 1.54) is 49.0 Å². The van der Waals surface area contributed by atoms with E-state index in [9.17, 15) is 0 Å². The summed E-state index contributed by atoms with van der Waals surface area (Å²) in [5.41, 5.74) is 4.22. The molecule has 1 radical (unpaired) electrons. The molecule has 0 aromatic heterocycles. The van der Waals surface area contributed by atoms with Crippen molar-refractivity contribution in [3.05, 3.63) is 69.5 Å². The molecular weight excluding hydrogens is 630 g/mol. The van der Waals surface area contributed by atoms with Crippen LogP contribution >= 0.6 is 24.0 Å². The van der Waals surface area contributed by atoms with Crippen LogP contribution in [0.3, 0.4) is 0 Å². The molecule has 4 rings (SSSR count). The zero-order valence-corrected chi connectivity index (χ0v) is 23.9. The van der Waals surface area contributed by atoms with Gasteiger partial charge in [-0.25, -0.2) is 0 Å². The molecule has 161 valence electrons. The predicted octanol–water partition coefficient (Wildman–Crippen LogP) is 6.23. The number of ether oxygens (including phenoxy) is 1. The summed E-state index contributed by atoms with van der Waals surface area (Å²) < 4.78 is 6.02. The van der Waals surface area contributed by atoms with E-state index >= 15 is 0 Å². The van der Waals surface area contributed by atoms with Gasteiger partial charge in [0, 0.05) is 55.6 Å². The normalized spacial score (nSPS) is 17.2. The number of benzene rings is 2.